The summed E-state index contributed by atoms with van der Waals surface area (Å²) < 4.78 is 13.2. The minimum absolute atomic E-state index is 0.0667. The number of thiophene rings is 1. The lowest BCUT2D eigenvalue weighted by atomic mass is 9.99. The highest BCUT2D eigenvalue weighted by Crippen LogP contribution is 2.39. The Morgan fingerprint density at radius 3 is 2.22 bits per heavy atom. The molecule has 0 aliphatic carbocycles. The summed E-state index contributed by atoms with van der Waals surface area (Å²) in [6.45, 7) is 8.55. The van der Waals surface area contributed by atoms with Crippen LogP contribution in [-0.4, -0.2) is 95.1 Å². The molecular weight excluding hydrogens is 682 g/mol. The standard InChI is InChI=1S/C35H42ClN7O6S/c1-22-23(2)50-35-32(22)33(25-8-10-26(36)11-9-25)39-27(34-41-40-24(3)43(34)35)21-29(45)38-15-18-49-20-19-48-17-14-37-28(44)7-5-4-6-16-42-30(46)12-13-31(42)47/h8-13,27H,4-7,14-21H2,1-3H3,(H,37,44)(H,38,45)/t27-/m0/s1. The molecule has 0 fully saturated rings. The van der Waals surface area contributed by atoms with Crippen LogP contribution in [0.3, 0.4) is 0 Å². The molecule has 0 unspecified atom stereocenters. The summed E-state index contributed by atoms with van der Waals surface area (Å²) in [7, 11) is 0. The number of aliphatic imine (C=N–C) groups is 1. The number of rotatable bonds is 18. The molecule has 0 saturated heterocycles. The average molecular weight is 724 g/mol. The average Bonchev–Trinajstić information content (AvgIpc) is 3.70. The Morgan fingerprint density at radius 2 is 1.54 bits per heavy atom. The molecule has 4 amide bonds. The minimum Gasteiger partial charge on any atom is -0.377 e. The van der Waals surface area contributed by atoms with Gasteiger partial charge in [0.15, 0.2) is 5.82 Å². The molecule has 1 atom stereocenters. The van der Waals surface area contributed by atoms with Crippen molar-refractivity contribution < 1.29 is 28.7 Å². The number of benzene rings is 1. The first-order chi connectivity index (χ1) is 24.1. The van der Waals surface area contributed by atoms with E-state index in [0.29, 0.717) is 76.2 Å². The van der Waals surface area contributed by atoms with Gasteiger partial charge < -0.3 is 20.1 Å². The monoisotopic (exact) mass is 723 g/mol. The van der Waals surface area contributed by atoms with E-state index < -0.39 is 6.04 Å². The lowest BCUT2D eigenvalue weighted by molar-refractivity contribution is -0.137. The molecule has 0 radical (unpaired) electrons. The molecule has 0 bridgehead atoms. The van der Waals surface area contributed by atoms with Gasteiger partial charge in [-0.3, -0.25) is 33.6 Å². The van der Waals surface area contributed by atoms with Crippen molar-refractivity contribution >= 4 is 52.3 Å². The molecule has 266 valence electrons. The SMILES string of the molecule is Cc1sc2c(c1C)C(c1ccc(Cl)cc1)=N[C@@H](CC(=O)NCCOCCOCCNC(=O)CCCCCN1C(=O)C=CC1=O)c1nnc(C)n1-2. The van der Waals surface area contributed by atoms with Crippen LogP contribution in [0.2, 0.25) is 5.02 Å². The van der Waals surface area contributed by atoms with Crippen molar-refractivity contribution in [2.75, 3.05) is 46.1 Å². The van der Waals surface area contributed by atoms with Gasteiger partial charge in [-0.1, -0.05) is 30.2 Å². The van der Waals surface area contributed by atoms with Crippen LogP contribution >= 0.6 is 22.9 Å². The Balaban J connectivity index is 0.988. The van der Waals surface area contributed by atoms with Crippen molar-refractivity contribution in [3.8, 4) is 5.00 Å². The summed E-state index contributed by atoms with van der Waals surface area (Å²) >= 11 is 7.85. The first kappa shape index (κ1) is 37.0. The number of carbonyl (C=O) groups excluding carboxylic acids is 4. The molecule has 5 rings (SSSR count). The maximum atomic E-state index is 13.1. The second-order valence-electron chi connectivity index (χ2n) is 12.0. The molecule has 1 aromatic carbocycles. The van der Waals surface area contributed by atoms with Gasteiger partial charge in [0.05, 0.1) is 38.6 Å². The van der Waals surface area contributed by atoms with Crippen molar-refractivity contribution in [3.63, 3.8) is 0 Å². The van der Waals surface area contributed by atoms with Gasteiger partial charge in [-0.15, -0.1) is 21.5 Å². The van der Waals surface area contributed by atoms with Crippen LogP contribution in [0.1, 0.15) is 71.4 Å². The number of halogens is 1. The summed E-state index contributed by atoms with van der Waals surface area (Å²) in [4.78, 5) is 55.7. The molecule has 15 heteroatoms. The number of amides is 4. The Morgan fingerprint density at radius 1 is 0.880 bits per heavy atom. The second-order valence-corrected chi connectivity index (χ2v) is 13.6. The lowest BCUT2D eigenvalue weighted by Gasteiger charge is -2.13. The van der Waals surface area contributed by atoms with Crippen LogP contribution in [-0.2, 0) is 28.7 Å². The number of imide groups is 1. The van der Waals surface area contributed by atoms with E-state index in [0.717, 1.165) is 39.6 Å². The summed E-state index contributed by atoms with van der Waals surface area (Å²) in [6.07, 6.45) is 5.10. The molecule has 0 spiro atoms. The van der Waals surface area contributed by atoms with Crippen LogP contribution in [0.15, 0.2) is 41.4 Å². The summed E-state index contributed by atoms with van der Waals surface area (Å²) in [5.41, 5.74) is 3.85. The van der Waals surface area contributed by atoms with E-state index in [9.17, 15) is 19.2 Å². The topological polar surface area (TPSA) is 157 Å². The van der Waals surface area contributed by atoms with Gasteiger partial charge in [-0.2, -0.15) is 0 Å². The van der Waals surface area contributed by atoms with Crippen LogP contribution in [0, 0.1) is 20.8 Å². The number of nitrogens with one attached hydrogen (secondary N) is 2. The van der Waals surface area contributed by atoms with Crippen molar-refractivity contribution in [2.45, 2.75) is 58.9 Å². The lowest BCUT2D eigenvalue weighted by Crippen LogP contribution is -2.31. The number of nitrogens with zero attached hydrogens (tertiary/aromatic N) is 5. The van der Waals surface area contributed by atoms with E-state index in [2.05, 4.69) is 34.7 Å². The zero-order valence-corrected chi connectivity index (χ0v) is 30.1. The molecule has 2 aliphatic heterocycles. The van der Waals surface area contributed by atoms with Crippen molar-refractivity contribution in [1.29, 1.82) is 0 Å². The Hall–Kier alpha value is -4.24. The molecule has 2 N–H and O–H groups in total. The highest BCUT2D eigenvalue weighted by molar-refractivity contribution is 7.15. The van der Waals surface area contributed by atoms with Crippen LogP contribution in [0.25, 0.3) is 5.00 Å². The maximum absolute atomic E-state index is 13.1. The van der Waals surface area contributed by atoms with Gasteiger partial charge in [0.25, 0.3) is 11.8 Å². The minimum atomic E-state index is -0.549. The van der Waals surface area contributed by atoms with Gasteiger partial charge in [0, 0.05) is 59.2 Å². The van der Waals surface area contributed by atoms with E-state index in [1.165, 1.54) is 21.9 Å². The van der Waals surface area contributed by atoms with E-state index >= 15 is 0 Å². The van der Waals surface area contributed by atoms with E-state index in [1.807, 2.05) is 35.8 Å². The third kappa shape index (κ3) is 9.30. The fourth-order valence-corrected chi connectivity index (χ4v) is 7.04. The Bertz CT molecular complexity index is 1750. The normalized spacial score (nSPS) is 15.2. The largest absolute Gasteiger partial charge is 0.377 e. The first-order valence-corrected chi connectivity index (χ1v) is 17.9. The quantitative estimate of drug-likeness (QED) is 0.148. The smallest absolute Gasteiger partial charge is 0.253 e. The predicted octanol–water partition coefficient (Wildman–Crippen LogP) is 3.94. The molecule has 3 aromatic rings. The summed E-state index contributed by atoms with van der Waals surface area (Å²) in [6, 6.07) is 7.02. The number of unbranched alkanes of at least 4 members (excludes halogenated alkanes) is 2. The van der Waals surface area contributed by atoms with Crippen LogP contribution in [0.5, 0.6) is 0 Å². The van der Waals surface area contributed by atoms with Crippen molar-refractivity contribution in [2.24, 2.45) is 4.99 Å². The van der Waals surface area contributed by atoms with Crippen molar-refractivity contribution in [3.05, 3.63) is 74.7 Å². The van der Waals surface area contributed by atoms with Crippen LogP contribution < -0.4 is 10.6 Å². The van der Waals surface area contributed by atoms with Gasteiger partial charge in [-0.05, 0) is 51.3 Å². The molecular formula is C35H42ClN7O6S. The molecule has 13 nitrogen and oxygen atoms in total. The fraction of sp³-hybridized carbons (Fsp3) is 0.457. The van der Waals surface area contributed by atoms with Gasteiger partial charge in [0.1, 0.15) is 16.9 Å². The Labute approximate surface area is 300 Å². The van der Waals surface area contributed by atoms with E-state index in [4.69, 9.17) is 26.1 Å². The first-order valence-electron chi connectivity index (χ1n) is 16.7. The highest BCUT2D eigenvalue weighted by atomic mass is 35.5. The second kappa shape index (κ2) is 17.6. The number of carbonyl (C=O) groups is 4. The van der Waals surface area contributed by atoms with E-state index in [-0.39, 0.29) is 30.0 Å². The maximum Gasteiger partial charge on any atom is 0.253 e. The van der Waals surface area contributed by atoms with Crippen molar-refractivity contribution in [1.82, 2.24) is 30.3 Å². The molecule has 2 aromatic heterocycles. The zero-order valence-electron chi connectivity index (χ0n) is 28.5. The van der Waals surface area contributed by atoms with E-state index in [1.54, 1.807) is 11.3 Å². The summed E-state index contributed by atoms with van der Waals surface area (Å²) in [5.74, 6) is 0.550. The molecule has 0 saturated carbocycles. The number of aromatic nitrogens is 3. The van der Waals surface area contributed by atoms with Gasteiger partial charge in [0.2, 0.25) is 11.8 Å². The number of aryl methyl sites for hydroxylation is 2. The molecule has 50 heavy (non-hydrogen) atoms. The number of fused-ring (bicyclic) bond motifs is 3. The third-order valence-electron chi connectivity index (χ3n) is 8.43. The zero-order chi connectivity index (χ0) is 35.6. The number of ether oxygens (including phenoxy) is 2. The van der Waals surface area contributed by atoms with Gasteiger partial charge in [-0.25, -0.2) is 0 Å². The number of hydrogen-bond donors (Lipinski definition) is 2. The van der Waals surface area contributed by atoms with Crippen LogP contribution in [0.4, 0.5) is 0 Å². The predicted molar refractivity (Wildman–Crippen MR) is 190 cm³/mol. The molecule has 4 heterocycles. The Kier molecular flexibility index (Phi) is 13.0. The fourth-order valence-electron chi connectivity index (χ4n) is 5.70. The molecule has 2 aliphatic rings. The summed E-state index contributed by atoms with van der Waals surface area (Å²) in [5, 5.41) is 16.2. The highest BCUT2D eigenvalue weighted by Gasteiger charge is 2.32. The third-order valence-corrected chi connectivity index (χ3v) is 9.88. The number of hydrogen-bond acceptors (Lipinski definition) is 10. The van der Waals surface area contributed by atoms with Gasteiger partial charge >= 0.3 is 0 Å².